The van der Waals surface area contributed by atoms with Crippen molar-refractivity contribution in [3.8, 4) is 0 Å². The quantitative estimate of drug-likeness (QED) is 0.149. The average molecular weight is 563 g/mol. The number of carbonyl (C=O) groups is 4. The molecule has 0 unspecified atom stereocenters. The van der Waals surface area contributed by atoms with E-state index in [-0.39, 0.29) is 23.1 Å². The van der Waals surface area contributed by atoms with Gasteiger partial charge in [-0.2, -0.15) is 8.42 Å². The molecule has 1 amide bonds. The minimum atomic E-state index is -4.56. The first kappa shape index (κ1) is 30.1. The number of aromatic nitrogens is 1. The molecule has 1 aromatic rings. The van der Waals surface area contributed by atoms with Crippen LogP contribution in [-0.2, 0) is 43.2 Å². The second-order valence-electron chi connectivity index (χ2n) is 9.35. The fourth-order valence-corrected chi connectivity index (χ4v) is 5.03. The smallest absolute Gasteiger partial charge is 0.364 e. The van der Waals surface area contributed by atoms with Crippen LogP contribution in [0.25, 0.3) is 0 Å². The number of nitrogens with two attached hydrogens (primary N) is 1. The number of oxime groups is 1. The van der Waals surface area contributed by atoms with Gasteiger partial charge in [-0.25, -0.2) is 14.1 Å². The molecule has 0 saturated carbocycles. The lowest BCUT2D eigenvalue weighted by atomic mass is 9.86. The number of β-lactam (4-membered cyclic amide) rings is 1. The number of anilines is 1. The summed E-state index contributed by atoms with van der Waals surface area (Å²) < 4.78 is 35.6. The molecular formula is C21H30N4O10S2. The molecule has 206 valence electrons. The minimum Gasteiger partial charge on any atom is -0.478 e. The number of thiazole rings is 1. The molecule has 16 heteroatoms. The standard InChI is InChI=1S/C21H30N4O10S2/c1-7-33-18(30)20(3,4)10-34-37(31,32)25-11(2)12(16(25)27)8-14(26)15(13-9-36-19(22)23-13)24-35-21(5,6)17(28)29/h9,11-12H,7-8,10H2,1-6H3,(H2,22,23)(H,28,29)/b24-15-/t11-,12-/m0/s1. The normalized spacial score (nSPS) is 18.8. The van der Waals surface area contributed by atoms with Gasteiger partial charge in [-0.1, -0.05) is 5.16 Å². The van der Waals surface area contributed by atoms with Crippen molar-refractivity contribution in [2.24, 2.45) is 16.5 Å². The van der Waals surface area contributed by atoms with E-state index < -0.39 is 69.9 Å². The Morgan fingerprint density at radius 3 is 2.38 bits per heavy atom. The Kier molecular flexibility index (Phi) is 9.04. The summed E-state index contributed by atoms with van der Waals surface area (Å²) in [7, 11) is -4.56. The summed E-state index contributed by atoms with van der Waals surface area (Å²) in [5, 5.41) is 14.4. The van der Waals surface area contributed by atoms with Crippen LogP contribution < -0.4 is 5.73 Å². The van der Waals surface area contributed by atoms with Gasteiger partial charge in [0, 0.05) is 11.8 Å². The van der Waals surface area contributed by atoms with Crippen molar-refractivity contribution >= 4 is 56.1 Å². The first-order chi connectivity index (χ1) is 16.9. The van der Waals surface area contributed by atoms with Crippen LogP contribution in [0.5, 0.6) is 0 Å². The van der Waals surface area contributed by atoms with Gasteiger partial charge in [-0.3, -0.25) is 18.6 Å². The Morgan fingerprint density at radius 1 is 1.27 bits per heavy atom. The molecule has 2 atom stereocenters. The van der Waals surface area contributed by atoms with Gasteiger partial charge in [0.2, 0.25) is 11.5 Å². The van der Waals surface area contributed by atoms with Crippen molar-refractivity contribution in [1.29, 1.82) is 0 Å². The van der Waals surface area contributed by atoms with Crippen LogP contribution in [-0.4, -0.2) is 77.0 Å². The van der Waals surface area contributed by atoms with E-state index in [0.29, 0.717) is 4.31 Å². The molecule has 14 nitrogen and oxygen atoms in total. The number of carboxylic acids is 1. The van der Waals surface area contributed by atoms with Crippen molar-refractivity contribution in [3.63, 3.8) is 0 Å². The van der Waals surface area contributed by atoms with Gasteiger partial charge in [0.05, 0.1) is 30.6 Å². The Bertz CT molecular complexity index is 1210. The highest BCUT2D eigenvalue weighted by Crippen LogP contribution is 2.34. The molecule has 0 spiro atoms. The second-order valence-corrected chi connectivity index (χ2v) is 11.7. The highest BCUT2D eigenvalue weighted by atomic mass is 32.2. The van der Waals surface area contributed by atoms with Crippen LogP contribution in [0.2, 0.25) is 0 Å². The first-order valence-electron chi connectivity index (χ1n) is 11.1. The van der Waals surface area contributed by atoms with E-state index in [1.54, 1.807) is 6.92 Å². The predicted octanol–water partition coefficient (Wildman–Crippen LogP) is 0.966. The third-order valence-electron chi connectivity index (χ3n) is 5.44. The van der Waals surface area contributed by atoms with Crippen molar-refractivity contribution in [3.05, 3.63) is 11.1 Å². The largest absolute Gasteiger partial charge is 0.478 e. The van der Waals surface area contributed by atoms with Crippen molar-refractivity contribution < 1.29 is 46.5 Å². The fourth-order valence-electron chi connectivity index (χ4n) is 3.02. The van der Waals surface area contributed by atoms with Crippen LogP contribution in [0.4, 0.5) is 5.13 Å². The monoisotopic (exact) mass is 562 g/mol. The maximum Gasteiger partial charge on any atom is 0.364 e. The number of carbonyl (C=O) groups excluding carboxylic acids is 3. The third-order valence-corrected chi connectivity index (χ3v) is 7.52. The van der Waals surface area contributed by atoms with Gasteiger partial charge in [0.1, 0.15) is 5.69 Å². The lowest BCUT2D eigenvalue weighted by molar-refractivity contribution is -0.161. The Morgan fingerprint density at radius 2 is 1.89 bits per heavy atom. The number of nitrogens with zero attached hydrogens (tertiary/aromatic N) is 3. The lowest BCUT2D eigenvalue weighted by Gasteiger charge is -2.43. The summed E-state index contributed by atoms with van der Waals surface area (Å²) in [5.74, 6) is -4.68. The molecule has 0 aliphatic carbocycles. The zero-order valence-electron chi connectivity index (χ0n) is 21.2. The number of hydrogen-bond donors (Lipinski definition) is 2. The van der Waals surface area contributed by atoms with E-state index >= 15 is 0 Å². The van der Waals surface area contributed by atoms with Gasteiger partial charge in [0.25, 0.3) is 0 Å². The maximum absolute atomic E-state index is 13.0. The number of amides is 1. The van der Waals surface area contributed by atoms with Crippen LogP contribution in [0.3, 0.4) is 0 Å². The average Bonchev–Trinajstić information content (AvgIpc) is 3.22. The zero-order valence-corrected chi connectivity index (χ0v) is 22.8. The number of carboxylic acid groups (broad SMARTS) is 1. The van der Waals surface area contributed by atoms with E-state index in [9.17, 15) is 32.7 Å². The van der Waals surface area contributed by atoms with Gasteiger partial charge < -0.3 is 20.4 Å². The molecule has 37 heavy (non-hydrogen) atoms. The summed E-state index contributed by atoms with van der Waals surface area (Å²) >= 11 is 1.00. The molecule has 0 radical (unpaired) electrons. The second kappa shape index (κ2) is 11.1. The summed E-state index contributed by atoms with van der Waals surface area (Å²) in [6.45, 7) is 7.87. The Balaban J connectivity index is 2.16. The van der Waals surface area contributed by atoms with Crippen molar-refractivity contribution in [2.75, 3.05) is 18.9 Å². The molecule has 1 aliphatic rings. The topological polar surface area (TPSA) is 205 Å². The van der Waals surface area contributed by atoms with Gasteiger partial charge in [0.15, 0.2) is 16.6 Å². The first-order valence-corrected chi connectivity index (χ1v) is 13.3. The maximum atomic E-state index is 13.0. The van der Waals surface area contributed by atoms with Crippen LogP contribution >= 0.6 is 11.3 Å². The predicted molar refractivity (Wildman–Crippen MR) is 131 cm³/mol. The minimum absolute atomic E-state index is 0.0159. The van der Waals surface area contributed by atoms with Crippen LogP contribution in [0.1, 0.15) is 53.7 Å². The molecule has 0 aromatic carbocycles. The van der Waals surface area contributed by atoms with E-state index in [1.807, 2.05) is 0 Å². The van der Waals surface area contributed by atoms with Gasteiger partial charge >= 0.3 is 22.2 Å². The molecule has 1 saturated heterocycles. The zero-order chi connectivity index (χ0) is 28.3. The number of ether oxygens (including phenoxy) is 1. The number of aliphatic carboxylic acids is 1. The number of esters is 1. The van der Waals surface area contributed by atoms with E-state index in [4.69, 9.17) is 19.5 Å². The summed E-state index contributed by atoms with van der Waals surface area (Å²) in [6, 6.07) is -0.953. The summed E-state index contributed by atoms with van der Waals surface area (Å²) in [6.07, 6.45) is -0.465. The number of nitrogen functional groups attached to an aromatic ring is 1. The van der Waals surface area contributed by atoms with Crippen LogP contribution in [0.15, 0.2) is 10.5 Å². The highest BCUT2D eigenvalue weighted by Gasteiger charge is 2.53. The lowest BCUT2D eigenvalue weighted by Crippen LogP contribution is -2.62. The molecule has 2 heterocycles. The molecule has 2 rings (SSSR count). The molecule has 1 aromatic heterocycles. The number of hydrogen-bond acceptors (Lipinski definition) is 13. The summed E-state index contributed by atoms with van der Waals surface area (Å²) in [4.78, 5) is 58.1. The van der Waals surface area contributed by atoms with E-state index in [0.717, 1.165) is 11.3 Å². The van der Waals surface area contributed by atoms with Crippen molar-refractivity contribution in [1.82, 2.24) is 9.29 Å². The number of Topliss-reactive ketones (excluding diaryl/α,β-unsaturated/α-hetero) is 1. The SMILES string of the molecule is CCOC(=O)C(C)(C)COS(=O)(=O)N1C(=O)[C@@H](CC(=O)/C(=N\OC(C)(C)C(=O)O)c2csc(N)n2)[C@@H]1C. The number of ketones is 1. The molecule has 1 aliphatic heterocycles. The van der Waals surface area contributed by atoms with Crippen molar-refractivity contribution in [2.45, 2.75) is 59.6 Å². The molecule has 0 bridgehead atoms. The molecule has 3 N–H and O–H groups in total. The Hall–Kier alpha value is -3.11. The molecular weight excluding hydrogens is 532 g/mol. The molecule has 1 fully saturated rings. The van der Waals surface area contributed by atoms with E-state index in [1.165, 1.54) is 40.0 Å². The summed E-state index contributed by atoms with van der Waals surface area (Å²) in [5.41, 5.74) is 2.21. The van der Waals surface area contributed by atoms with Crippen LogP contribution in [0, 0.1) is 11.3 Å². The van der Waals surface area contributed by atoms with E-state index in [2.05, 4.69) is 10.1 Å². The highest BCUT2D eigenvalue weighted by molar-refractivity contribution is 7.85. The van der Waals surface area contributed by atoms with Gasteiger partial charge in [-0.05, 0) is 41.5 Å². The third kappa shape index (κ3) is 6.81. The van der Waals surface area contributed by atoms with Gasteiger partial charge in [-0.15, -0.1) is 11.3 Å². The fraction of sp³-hybridized carbons (Fsp3) is 0.619. The number of rotatable bonds is 13. The Labute approximate surface area is 218 Å².